The van der Waals surface area contributed by atoms with Gasteiger partial charge in [0, 0.05) is 17.2 Å². The lowest BCUT2D eigenvalue weighted by Gasteiger charge is -2.20. The molecule has 0 unspecified atom stereocenters. The number of alkyl halides is 2. The number of ether oxygens (including phenoxy) is 1. The van der Waals surface area contributed by atoms with E-state index < -0.39 is 46.5 Å². The summed E-state index contributed by atoms with van der Waals surface area (Å²) in [6, 6.07) is 20.2. The van der Waals surface area contributed by atoms with Crippen LogP contribution in [-0.4, -0.2) is 0 Å². The van der Waals surface area contributed by atoms with Gasteiger partial charge in [0.2, 0.25) is 0 Å². The Labute approximate surface area is 250 Å². The summed E-state index contributed by atoms with van der Waals surface area (Å²) in [5.41, 5.74) is 1.20. The molecule has 0 aromatic heterocycles. The summed E-state index contributed by atoms with van der Waals surface area (Å²) in [5, 5.41) is 0. The van der Waals surface area contributed by atoms with Crippen LogP contribution in [0.15, 0.2) is 97.1 Å². The maximum absolute atomic E-state index is 15.0. The Balaban J connectivity index is 1.31. The van der Waals surface area contributed by atoms with E-state index in [-0.39, 0.29) is 22.3 Å². The SMILES string of the molecule is CCCCCc1ccc(-c2ccc(C(F)(F)Oc3ccc(-c4ccc(-c5ccc(F)c(F)c5)c(F)c4)c(F)c3)c(F)c2)cc1. The van der Waals surface area contributed by atoms with Crippen LogP contribution in [0.2, 0.25) is 0 Å². The Morgan fingerprint density at radius 1 is 0.523 bits per heavy atom. The van der Waals surface area contributed by atoms with Crippen LogP contribution in [0.5, 0.6) is 5.75 Å². The Bertz CT molecular complexity index is 1780. The number of halogens is 7. The molecular formula is C36H27F7O. The molecule has 0 N–H and O–H groups in total. The van der Waals surface area contributed by atoms with E-state index in [0.717, 1.165) is 73.7 Å². The normalized spacial score (nSPS) is 11.5. The summed E-state index contributed by atoms with van der Waals surface area (Å²) in [5.74, 6) is -5.82. The molecule has 5 rings (SSSR count). The fourth-order valence-electron chi connectivity index (χ4n) is 4.95. The number of hydrogen-bond acceptors (Lipinski definition) is 1. The monoisotopic (exact) mass is 608 g/mol. The van der Waals surface area contributed by atoms with Gasteiger partial charge in [-0.2, -0.15) is 8.78 Å². The van der Waals surface area contributed by atoms with Crippen molar-refractivity contribution >= 4 is 0 Å². The molecule has 0 radical (unpaired) electrons. The Hall–Kier alpha value is -4.59. The summed E-state index contributed by atoms with van der Waals surface area (Å²) in [4.78, 5) is 0. The minimum Gasteiger partial charge on any atom is -0.429 e. The molecule has 8 heteroatoms. The molecule has 0 saturated heterocycles. The molecule has 0 aliphatic carbocycles. The van der Waals surface area contributed by atoms with Crippen molar-refractivity contribution in [3.05, 3.63) is 137 Å². The van der Waals surface area contributed by atoms with Crippen molar-refractivity contribution in [2.45, 2.75) is 38.7 Å². The smallest absolute Gasteiger partial charge is 0.429 e. The van der Waals surface area contributed by atoms with E-state index in [9.17, 15) is 22.0 Å². The number of rotatable bonds is 10. The highest BCUT2D eigenvalue weighted by Crippen LogP contribution is 2.37. The third-order valence-corrected chi connectivity index (χ3v) is 7.34. The number of aryl methyl sites for hydroxylation is 1. The van der Waals surface area contributed by atoms with E-state index in [0.29, 0.717) is 17.2 Å². The summed E-state index contributed by atoms with van der Waals surface area (Å²) < 4.78 is 106. The summed E-state index contributed by atoms with van der Waals surface area (Å²) in [6.45, 7) is 2.12. The van der Waals surface area contributed by atoms with Crippen molar-refractivity contribution in [1.82, 2.24) is 0 Å². The lowest BCUT2D eigenvalue weighted by atomic mass is 9.99. The van der Waals surface area contributed by atoms with Crippen LogP contribution in [0.3, 0.4) is 0 Å². The molecule has 0 aliphatic rings. The molecule has 226 valence electrons. The first kappa shape index (κ1) is 30.9. The van der Waals surface area contributed by atoms with Crippen LogP contribution in [-0.2, 0) is 12.5 Å². The van der Waals surface area contributed by atoms with Crippen LogP contribution in [0.4, 0.5) is 30.7 Å². The first-order chi connectivity index (χ1) is 21.1. The van der Waals surface area contributed by atoms with Gasteiger partial charge in [0.1, 0.15) is 23.2 Å². The van der Waals surface area contributed by atoms with Gasteiger partial charge in [-0.3, -0.25) is 0 Å². The van der Waals surface area contributed by atoms with Gasteiger partial charge in [0.05, 0.1) is 5.56 Å². The van der Waals surface area contributed by atoms with Crippen LogP contribution < -0.4 is 4.74 Å². The second kappa shape index (κ2) is 13.0. The zero-order valence-corrected chi connectivity index (χ0v) is 23.6. The molecule has 0 spiro atoms. The second-order valence-corrected chi connectivity index (χ2v) is 10.4. The van der Waals surface area contributed by atoms with Crippen LogP contribution >= 0.6 is 0 Å². The molecule has 0 aliphatic heterocycles. The second-order valence-electron chi connectivity index (χ2n) is 10.4. The highest BCUT2D eigenvalue weighted by molar-refractivity contribution is 5.72. The molecular weight excluding hydrogens is 581 g/mol. The maximum atomic E-state index is 15.0. The van der Waals surface area contributed by atoms with Crippen molar-refractivity contribution in [2.75, 3.05) is 0 Å². The van der Waals surface area contributed by atoms with Gasteiger partial charge in [-0.15, -0.1) is 0 Å². The topological polar surface area (TPSA) is 9.23 Å². The molecule has 0 bridgehead atoms. The lowest BCUT2D eigenvalue weighted by molar-refractivity contribution is -0.187. The van der Waals surface area contributed by atoms with Crippen LogP contribution in [0.25, 0.3) is 33.4 Å². The molecule has 0 heterocycles. The van der Waals surface area contributed by atoms with Crippen molar-refractivity contribution in [3.63, 3.8) is 0 Å². The van der Waals surface area contributed by atoms with Gasteiger partial charge in [0.15, 0.2) is 11.6 Å². The molecule has 5 aromatic rings. The molecule has 44 heavy (non-hydrogen) atoms. The van der Waals surface area contributed by atoms with Crippen molar-refractivity contribution < 1.29 is 35.5 Å². The zero-order chi connectivity index (χ0) is 31.4. The van der Waals surface area contributed by atoms with E-state index >= 15 is 8.78 Å². The summed E-state index contributed by atoms with van der Waals surface area (Å²) >= 11 is 0. The van der Waals surface area contributed by atoms with Gasteiger partial charge in [0.25, 0.3) is 0 Å². The predicted molar refractivity (Wildman–Crippen MR) is 157 cm³/mol. The number of benzene rings is 5. The van der Waals surface area contributed by atoms with Gasteiger partial charge in [-0.1, -0.05) is 68.3 Å². The fourth-order valence-corrected chi connectivity index (χ4v) is 4.95. The van der Waals surface area contributed by atoms with E-state index in [2.05, 4.69) is 6.92 Å². The van der Waals surface area contributed by atoms with E-state index in [1.165, 1.54) is 24.3 Å². The van der Waals surface area contributed by atoms with E-state index in [1.54, 1.807) is 0 Å². The summed E-state index contributed by atoms with van der Waals surface area (Å²) in [6.07, 6.45) is 0.0985. The molecule has 0 saturated carbocycles. The highest BCUT2D eigenvalue weighted by Gasteiger charge is 2.38. The third kappa shape index (κ3) is 6.80. The first-order valence-corrected chi connectivity index (χ1v) is 14.1. The van der Waals surface area contributed by atoms with E-state index in [4.69, 9.17) is 4.74 Å². The van der Waals surface area contributed by atoms with Gasteiger partial charge >= 0.3 is 6.11 Å². The van der Waals surface area contributed by atoms with Gasteiger partial charge in [-0.25, -0.2) is 22.0 Å². The summed E-state index contributed by atoms with van der Waals surface area (Å²) in [7, 11) is 0. The third-order valence-electron chi connectivity index (χ3n) is 7.34. The molecule has 1 nitrogen and oxygen atoms in total. The maximum Gasteiger partial charge on any atom is 0.429 e. The highest BCUT2D eigenvalue weighted by atomic mass is 19.3. The van der Waals surface area contributed by atoms with Crippen molar-refractivity contribution in [1.29, 1.82) is 0 Å². The van der Waals surface area contributed by atoms with Gasteiger partial charge in [-0.05, 0) is 83.1 Å². The quantitative estimate of drug-likeness (QED) is 0.113. The molecule has 0 amide bonds. The van der Waals surface area contributed by atoms with Crippen molar-refractivity contribution in [3.8, 4) is 39.1 Å². The molecule has 0 atom stereocenters. The van der Waals surface area contributed by atoms with Crippen LogP contribution in [0.1, 0.15) is 37.3 Å². The average molecular weight is 609 g/mol. The fraction of sp³-hybridized carbons (Fsp3) is 0.167. The standard InChI is InChI=1S/C36H27F7O/c1-2-3-4-5-22-6-8-23(9-7-22)24-11-16-30(34(40)18-24)36(42,43)44-27-13-15-29(33(39)21-27)25-10-14-28(32(38)19-25)26-12-17-31(37)35(41)20-26/h6-21H,2-5H2,1H3. The first-order valence-electron chi connectivity index (χ1n) is 14.1. The Kier molecular flexibility index (Phi) is 9.09. The average Bonchev–Trinajstić information content (AvgIpc) is 2.99. The van der Waals surface area contributed by atoms with E-state index in [1.807, 2.05) is 24.3 Å². The van der Waals surface area contributed by atoms with Crippen molar-refractivity contribution in [2.24, 2.45) is 0 Å². The Morgan fingerprint density at radius 2 is 1.09 bits per heavy atom. The minimum absolute atomic E-state index is 0.0416. The lowest BCUT2D eigenvalue weighted by Crippen LogP contribution is -2.23. The molecule has 0 fully saturated rings. The Morgan fingerprint density at radius 3 is 1.70 bits per heavy atom. The molecule has 5 aromatic carbocycles. The van der Waals surface area contributed by atoms with Crippen LogP contribution in [0, 0.1) is 29.1 Å². The largest absolute Gasteiger partial charge is 0.429 e. The number of unbranched alkanes of at least 4 members (excludes halogenated alkanes) is 2. The zero-order valence-electron chi connectivity index (χ0n) is 23.6. The number of hydrogen-bond donors (Lipinski definition) is 0. The van der Waals surface area contributed by atoms with Gasteiger partial charge < -0.3 is 4.74 Å². The predicted octanol–water partition coefficient (Wildman–Crippen LogP) is 11.2. The minimum atomic E-state index is -4.13.